The maximum atomic E-state index is 5.65. The third-order valence-electron chi connectivity index (χ3n) is 2.17. The van der Waals surface area contributed by atoms with Gasteiger partial charge in [-0.05, 0) is 25.5 Å². The fraction of sp³-hybridized carbons (Fsp3) is 0.417. The molecule has 1 atom stereocenters. The summed E-state index contributed by atoms with van der Waals surface area (Å²) in [6, 6.07) is 1.93. The lowest BCUT2D eigenvalue weighted by Gasteiger charge is -2.26. The monoisotopic (exact) mass is 206 g/mol. The summed E-state index contributed by atoms with van der Waals surface area (Å²) in [6.45, 7) is 11.8. The van der Waals surface area contributed by atoms with Gasteiger partial charge in [0.1, 0.15) is 6.10 Å². The van der Waals surface area contributed by atoms with Crippen molar-refractivity contribution in [1.82, 2.24) is 4.98 Å². The lowest BCUT2D eigenvalue weighted by Crippen LogP contribution is -2.26. The Morgan fingerprint density at radius 3 is 2.80 bits per heavy atom. The highest BCUT2D eigenvalue weighted by atomic mass is 16.5. The van der Waals surface area contributed by atoms with Crippen molar-refractivity contribution in [1.29, 1.82) is 0 Å². The van der Waals surface area contributed by atoms with Crippen LogP contribution in [0, 0.1) is 6.92 Å². The molecule has 1 aromatic rings. The van der Waals surface area contributed by atoms with E-state index >= 15 is 0 Å². The molecule has 0 saturated carbocycles. The number of hydrogen-bond acceptors (Lipinski definition) is 3. The summed E-state index contributed by atoms with van der Waals surface area (Å²) in [6.07, 6.45) is 1.77. The topological polar surface area (TPSA) is 34.2 Å². The Kier molecular flexibility index (Phi) is 3.72. The molecule has 0 fully saturated rings. The third-order valence-corrected chi connectivity index (χ3v) is 2.17. The zero-order chi connectivity index (χ0) is 11.4. The molecule has 1 aliphatic heterocycles. The highest BCUT2D eigenvalue weighted by Gasteiger charge is 2.20. The molecule has 3 nitrogen and oxygen atoms in total. The van der Waals surface area contributed by atoms with Gasteiger partial charge in [-0.15, -0.1) is 0 Å². The maximum absolute atomic E-state index is 5.65. The van der Waals surface area contributed by atoms with E-state index in [2.05, 4.69) is 16.9 Å². The average molecular weight is 206 g/mol. The van der Waals surface area contributed by atoms with Gasteiger partial charge in [0.05, 0.1) is 5.70 Å². The number of aryl methyl sites for hydroxylation is 1. The van der Waals surface area contributed by atoms with Gasteiger partial charge >= 0.3 is 0 Å². The Bertz CT molecular complexity index is 361. The van der Waals surface area contributed by atoms with Crippen LogP contribution in [0.2, 0.25) is 0 Å². The second kappa shape index (κ2) is 4.82. The van der Waals surface area contributed by atoms with Crippen molar-refractivity contribution in [2.24, 2.45) is 0 Å². The number of pyridine rings is 1. The molecular weight excluding hydrogens is 188 g/mol. The van der Waals surface area contributed by atoms with Crippen molar-refractivity contribution in [3.63, 3.8) is 0 Å². The van der Waals surface area contributed by atoms with Gasteiger partial charge in [-0.1, -0.05) is 20.4 Å². The zero-order valence-corrected chi connectivity index (χ0v) is 9.79. The SMILES string of the molecule is C=C1Nc2nccc(C)c2O[C@H]1C.CC. The van der Waals surface area contributed by atoms with Crippen LogP contribution < -0.4 is 10.1 Å². The number of aromatic nitrogens is 1. The Morgan fingerprint density at radius 2 is 2.13 bits per heavy atom. The van der Waals surface area contributed by atoms with Crippen LogP contribution in [-0.4, -0.2) is 11.1 Å². The van der Waals surface area contributed by atoms with E-state index in [1.54, 1.807) is 6.20 Å². The fourth-order valence-electron chi connectivity index (χ4n) is 1.28. The largest absolute Gasteiger partial charge is 0.480 e. The van der Waals surface area contributed by atoms with E-state index in [1.807, 2.05) is 33.8 Å². The number of nitrogens with one attached hydrogen (secondary N) is 1. The molecule has 82 valence electrons. The predicted molar refractivity (Wildman–Crippen MR) is 63.2 cm³/mol. The number of anilines is 1. The van der Waals surface area contributed by atoms with Gasteiger partial charge in [0.25, 0.3) is 0 Å². The molecule has 1 aliphatic rings. The van der Waals surface area contributed by atoms with Crippen LogP contribution in [0.3, 0.4) is 0 Å². The molecule has 0 radical (unpaired) electrons. The third kappa shape index (κ3) is 2.29. The number of nitrogens with zero attached hydrogens (tertiary/aromatic N) is 1. The van der Waals surface area contributed by atoms with E-state index in [9.17, 15) is 0 Å². The first-order valence-electron chi connectivity index (χ1n) is 5.26. The number of hydrogen-bond donors (Lipinski definition) is 1. The molecule has 3 heteroatoms. The average Bonchev–Trinajstić information content (AvgIpc) is 2.24. The second-order valence-electron chi connectivity index (χ2n) is 3.22. The first-order valence-corrected chi connectivity index (χ1v) is 5.26. The summed E-state index contributed by atoms with van der Waals surface area (Å²) in [7, 11) is 0. The van der Waals surface area contributed by atoms with Gasteiger partial charge in [-0.3, -0.25) is 0 Å². The zero-order valence-electron chi connectivity index (χ0n) is 9.79. The molecule has 0 amide bonds. The lowest BCUT2D eigenvalue weighted by molar-refractivity contribution is 0.249. The summed E-state index contributed by atoms with van der Waals surface area (Å²) in [5.41, 5.74) is 1.95. The van der Waals surface area contributed by atoms with Gasteiger partial charge in [0.2, 0.25) is 0 Å². The molecule has 0 saturated heterocycles. The molecule has 0 spiro atoms. The van der Waals surface area contributed by atoms with Crippen molar-refractivity contribution in [2.75, 3.05) is 5.32 Å². The van der Waals surface area contributed by atoms with Gasteiger partial charge in [0.15, 0.2) is 11.6 Å². The Labute approximate surface area is 91.2 Å². The molecule has 0 unspecified atom stereocenters. The minimum absolute atomic E-state index is 0.00963. The van der Waals surface area contributed by atoms with Crippen LogP contribution in [0.4, 0.5) is 5.82 Å². The minimum Gasteiger partial charge on any atom is -0.480 e. The summed E-state index contributed by atoms with van der Waals surface area (Å²) in [5.74, 6) is 1.60. The summed E-state index contributed by atoms with van der Waals surface area (Å²) in [4.78, 5) is 4.17. The Morgan fingerprint density at radius 1 is 1.47 bits per heavy atom. The highest BCUT2D eigenvalue weighted by Crippen LogP contribution is 2.32. The molecule has 1 aromatic heterocycles. The first kappa shape index (κ1) is 11.6. The van der Waals surface area contributed by atoms with Crippen LogP contribution in [0.15, 0.2) is 24.5 Å². The standard InChI is InChI=1S/C10H12N2O.C2H6/c1-6-4-5-11-10-9(6)13-8(3)7(2)12-10;1-2/h4-5,8H,2H2,1,3H3,(H,11,12);1-2H3/t8-;/m0./s1. The van der Waals surface area contributed by atoms with Crippen LogP contribution in [0.25, 0.3) is 0 Å². The van der Waals surface area contributed by atoms with Gasteiger partial charge in [0, 0.05) is 6.20 Å². The van der Waals surface area contributed by atoms with Crippen molar-refractivity contribution in [3.05, 3.63) is 30.1 Å². The number of fused-ring (bicyclic) bond motifs is 1. The van der Waals surface area contributed by atoms with Crippen LogP contribution in [-0.2, 0) is 0 Å². The Hall–Kier alpha value is -1.51. The molecule has 0 aliphatic carbocycles. The molecule has 1 N–H and O–H groups in total. The van der Waals surface area contributed by atoms with Gasteiger partial charge in [-0.25, -0.2) is 4.98 Å². The Balaban J connectivity index is 0.000000531. The normalized spacial score (nSPS) is 17.9. The van der Waals surface area contributed by atoms with Crippen molar-refractivity contribution >= 4 is 5.82 Å². The summed E-state index contributed by atoms with van der Waals surface area (Å²) in [5, 5.41) is 3.12. The van der Waals surface area contributed by atoms with E-state index in [0.29, 0.717) is 0 Å². The van der Waals surface area contributed by atoms with E-state index in [-0.39, 0.29) is 6.10 Å². The molecule has 0 aromatic carbocycles. The molecule has 2 heterocycles. The highest BCUT2D eigenvalue weighted by molar-refractivity contribution is 5.59. The van der Waals surface area contributed by atoms with E-state index in [1.165, 1.54) is 0 Å². The molecule has 0 bridgehead atoms. The smallest absolute Gasteiger partial charge is 0.173 e. The molecule has 2 rings (SSSR count). The van der Waals surface area contributed by atoms with Crippen LogP contribution in [0.5, 0.6) is 5.75 Å². The van der Waals surface area contributed by atoms with E-state index in [4.69, 9.17) is 4.74 Å². The van der Waals surface area contributed by atoms with Crippen molar-refractivity contribution in [3.8, 4) is 5.75 Å². The lowest BCUT2D eigenvalue weighted by atomic mass is 10.2. The van der Waals surface area contributed by atoms with Crippen molar-refractivity contribution in [2.45, 2.75) is 33.8 Å². The quantitative estimate of drug-likeness (QED) is 0.708. The minimum atomic E-state index is 0.00963. The first-order chi connectivity index (χ1) is 7.18. The second-order valence-corrected chi connectivity index (χ2v) is 3.22. The molecule has 15 heavy (non-hydrogen) atoms. The number of rotatable bonds is 0. The predicted octanol–water partition coefficient (Wildman–Crippen LogP) is 3.12. The number of ether oxygens (including phenoxy) is 1. The van der Waals surface area contributed by atoms with E-state index in [0.717, 1.165) is 22.8 Å². The maximum Gasteiger partial charge on any atom is 0.173 e. The summed E-state index contributed by atoms with van der Waals surface area (Å²) >= 11 is 0. The molecular formula is C12H18N2O. The van der Waals surface area contributed by atoms with Crippen LogP contribution in [0.1, 0.15) is 26.3 Å². The van der Waals surface area contributed by atoms with Gasteiger partial charge in [-0.2, -0.15) is 0 Å². The van der Waals surface area contributed by atoms with Crippen LogP contribution >= 0.6 is 0 Å². The fourth-order valence-corrected chi connectivity index (χ4v) is 1.28. The van der Waals surface area contributed by atoms with Crippen molar-refractivity contribution < 1.29 is 4.74 Å². The van der Waals surface area contributed by atoms with E-state index < -0.39 is 0 Å². The summed E-state index contributed by atoms with van der Waals surface area (Å²) < 4.78 is 5.65. The van der Waals surface area contributed by atoms with Gasteiger partial charge < -0.3 is 10.1 Å².